The van der Waals surface area contributed by atoms with Gasteiger partial charge in [-0.3, -0.25) is 4.79 Å². The Morgan fingerprint density at radius 1 is 1.44 bits per heavy atom. The Bertz CT molecular complexity index is 1080. The fraction of sp³-hybridized carbons (Fsp3) is 0.158. The molecule has 4 rings (SSSR count). The third-order valence-corrected chi connectivity index (χ3v) is 5.20. The van der Waals surface area contributed by atoms with Gasteiger partial charge in [0.2, 0.25) is 5.91 Å². The fourth-order valence-electron chi connectivity index (χ4n) is 2.95. The SMILES string of the molecule is N#Cc1cnc(-c2nc(CC(=O)N3C=C4CC=C(F)C=C4C3)cs2)c(O)c1. The van der Waals surface area contributed by atoms with Gasteiger partial charge >= 0.3 is 0 Å². The first kappa shape index (κ1) is 17.1. The van der Waals surface area contributed by atoms with Crippen LogP contribution in [0.4, 0.5) is 4.39 Å². The molecule has 2 aromatic heterocycles. The molecule has 3 heterocycles. The lowest BCUT2D eigenvalue weighted by Crippen LogP contribution is -2.26. The van der Waals surface area contributed by atoms with E-state index in [9.17, 15) is 14.3 Å². The molecule has 0 unspecified atom stereocenters. The highest BCUT2D eigenvalue weighted by molar-refractivity contribution is 7.13. The van der Waals surface area contributed by atoms with E-state index in [2.05, 4.69) is 9.97 Å². The zero-order chi connectivity index (χ0) is 19.0. The zero-order valence-electron chi connectivity index (χ0n) is 14.0. The number of carbonyl (C=O) groups is 1. The zero-order valence-corrected chi connectivity index (χ0v) is 14.8. The largest absolute Gasteiger partial charge is 0.506 e. The number of amides is 1. The number of hydrogen-bond acceptors (Lipinski definition) is 6. The first-order valence-corrected chi connectivity index (χ1v) is 9.02. The summed E-state index contributed by atoms with van der Waals surface area (Å²) in [6.07, 6.45) is 6.67. The minimum Gasteiger partial charge on any atom is -0.506 e. The number of thiazole rings is 1. The molecule has 0 aromatic carbocycles. The molecule has 0 spiro atoms. The van der Waals surface area contributed by atoms with Gasteiger partial charge in [-0.05, 0) is 29.7 Å². The van der Waals surface area contributed by atoms with Crippen molar-refractivity contribution in [2.45, 2.75) is 12.8 Å². The normalized spacial score (nSPS) is 15.6. The summed E-state index contributed by atoms with van der Waals surface area (Å²) in [5.41, 5.74) is 2.88. The molecular weight excluding hydrogens is 367 g/mol. The fourth-order valence-corrected chi connectivity index (χ4v) is 3.77. The van der Waals surface area contributed by atoms with Crippen LogP contribution in [0, 0.1) is 11.3 Å². The number of nitrogens with zero attached hydrogens (tertiary/aromatic N) is 4. The summed E-state index contributed by atoms with van der Waals surface area (Å²) < 4.78 is 13.3. The van der Waals surface area contributed by atoms with Gasteiger partial charge in [-0.1, -0.05) is 0 Å². The molecule has 8 heteroatoms. The van der Waals surface area contributed by atoms with Gasteiger partial charge in [-0.25, -0.2) is 14.4 Å². The highest BCUT2D eigenvalue weighted by Crippen LogP contribution is 2.32. The summed E-state index contributed by atoms with van der Waals surface area (Å²) in [5, 5.41) is 21.1. The average Bonchev–Trinajstić information content (AvgIpc) is 3.28. The number of nitriles is 1. The van der Waals surface area contributed by atoms with Crippen molar-refractivity contribution in [3.63, 3.8) is 0 Å². The molecule has 2 aliphatic rings. The lowest BCUT2D eigenvalue weighted by Gasteiger charge is -2.12. The Hall–Kier alpha value is -3.31. The predicted molar refractivity (Wildman–Crippen MR) is 97.1 cm³/mol. The highest BCUT2D eigenvalue weighted by Gasteiger charge is 2.25. The van der Waals surface area contributed by atoms with Crippen LogP contribution in [0.5, 0.6) is 5.75 Å². The number of pyridine rings is 1. The maximum atomic E-state index is 13.3. The van der Waals surface area contributed by atoms with Gasteiger partial charge in [0.15, 0.2) is 0 Å². The van der Waals surface area contributed by atoms with Gasteiger partial charge in [0.05, 0.1) is 24.2 Å². The van der Waals surface area contributed by atoms with E-state index < -0.39 is 0 Å². The van der Waals surface area contributed by atoms with Crippen LogP contribution in [0.2, 0.25) is 0 Å². The summed E-state index contributed by atoms with van der Waals surface area (Å²) in [5.74, 6) is -0.529. The van der Waals surface area contributed by atoms with Gasteiger partial charge in [0.1, 0.15) is 28.3 Å². The van der Waals surface area contributed by atoms with Crippen molar-refractivity contribution in [2.24, 2.45) is 0 Å². The molecule has 1 aliphatic heterocycles. The van der Waals surface area contributed by atoms with E-state index in [1.165, 1.54) is 35.8 Å². The van der Waals surface area contributed by atoms with Crippen LogP contribution in [-0.2, 0) is 11.2 Å². The lowest BCUT2D eigenvalue weighted by atomic mass is 10.0. The second kappa shape index (κ2) is 6.78. The number of halogens is 1. The molecule has 0 radical (unpaired) electrons. The average molecular weight is 380 g/mol. The molecule has 0 atom stereocenters. The second-order valence-corrected chi connectivity index (χ2v) is 7.02. The van der Waals surface area contributed by atoms with E-state index in [4.69, 9.17) is 5.26 Å². The number of aromatic nitrogens is 2. The lowest BCUT2D eigenvalue weighted by molar-refractivity contribution is -0.127. The van der Waals surface area contributed by atoms with E-state index >= 15 is 0 Å². The number of carbonyl (C=O) groups excluding carboxylic acids is 1. The highest BCUT2D eigenvalue weighted by atomic mass is 32.1. The summed E-state index contributed by atoms with van der Waals surface area (Å²) >= 11 is 1.26. The summed E-state index contributed by atoms with van der Waals surface area (Å²) in [6.45, 7) is 0.365. The van der Waals surface area contributed by atoms with Gasteiger partial charge in [0, 0.05) is 23.8 Å². The third kappa shape index (κ3) is 3.37. The van der Waals surface area contributed by atoms with Crippen LogP contribution < -0.4 is 0 Å². The first-order chi connectivity index (χ1) is 13.0. The van der Waals surface area contributed by atoms with Crippen LogP contribution in [-0.4, -0.2) is 32.4 Å². The third-order valence-electron chi connectivity index (χ3n) is 4.30. The molecule has 0 fully saturated rings. The monoisotopic (exact) mass is 380 g/mol. The number of allylic oxidation sites excluding steroid dienone is 3. The molecule has 1 amide bonds. The maximum absolute atomic E-state index is 13.3. The molecule has 1 N–H and O–H groups in total. The summed E-state index contributed by atoms with van der Waals surface area (Å²) in [4.78, 5) is 22.6. The van der Waals surface area contributed by atoms with Gasteiger partial charge < -0.3 is 10.0 Å². The van der Waals surface area contributed by atoms with Crippen LogP contribution in [0.1, 0.15) is 17.7 Å². The predicted octanol–water partition coefficient (Wildman–Crippen LogP) is 3.23. The Balaban J connectivity index is 1.48. The van der Waals surface area contributed by atoms with Crippen molar-refractivity contribution < 1.29 is 14.3 Å². The maximum Gasteiger partial charge on any atom is 0.232 e. The Morgan fingerprint density at radius 3 is 3.07 bits per heavy atom. The van der Waals surface area contributed by atoms with Crippen LogP contribution in [0.3, 0.4) is 0 Å². The number of fused-ring (bicyclic) bond motifs is 1. The summed E-state index contributed by atoms with van der Waals surface area (Å²) in [6, 6.07) is 3.23. The van der Waals surface area contributed by atoms with Crippen molar-refractivity contribution in [2.75, 3.05) is 6.54 Å². The van der Waals surface area contributed by atoms with Crippen LogP contribution in [0.15, 0.2) is 53.0 Å². The molecule has 0 saturated carbocycles. The van der Waals surface area contributed by atoms with E-state index in [1.54, 1.807) is 16.5 Å². The van der Waals surface area contributed by atoms with Crippen molar-refractivity contribution in [3.05, 3.63) is 64.2 Å². The Labute approximate surface area is 158 Å². The molecule has 2 aromatic rings. The van der Waals surface area contributed by atoms with E-state index in [0.717, 1.165) is 11.1 Å². The molecule has 27 heavy (non-hydrogen) atoms. The van der Waals surface area contributed by atoms with E-state index in [1.807, 2.05) is 6.07 Å². The van der Waals surface area contributed by atoms with Crippen LogP contribution >= 0.6 is 11.3 Å². The minimum atomic E-state index is -0.268. The van der Waals surface area contributed by atoms with Gasteiger partial charge in [-0.2, -0.15) is 5.26 Å². The molecule has 134 valence electrons. The number of rotatable bonds is 3. The summed E-state index contributed by atoms with van der Waals surface area (Å²) in [7, 11) is 0. The number of hydrogen-bond donors (Lipinski definition) is 1. The van der Waals surface area contributed by atoms with E-state index in [0.29, 0.717) is 23.7 Å². The van der Waals surface area contributed by atoms with Gasteiger partial charge in [0.25, 0.3) is 0 Å². The second-order valence-electron chi connectivity index (χ2n) is 6.16. The number of aromatic hydroxyl groups is 1. The minimum absolute atomic E-state index is 0.0977. The first-order valence-electron chi connectivity index (χ1n) is 8.14. The topological polar surface area (TPSA) is 90.1 Å². The van der Waals surface area contributed by atoms with Crippen molar-refractivity contribution in [1.82, 2.24) is 14.9 Å². The van der Waals surface area contributed by atoms with Crippen molar-refractivity contribution in [1.29, 1.82) is 5.26 Å². The smallest absolute Gasteiger partial charge is 0.232 e. The molecule has 1 aliphatic carbocycles. The quantitative estimate of drug-likeness (QED) is 0.883. The van der Waals surface area contributed by atoms with Crippen LogP contribution in [0.25, 0.3) is 10.7 Å². The standard InChI is InChI=1S/C19H13FN4O2S/c20-14-2-1-12-8-24(9-13(12)4-14)17(26)5-15-10-27-19(23-15)18-16(25)3-11(6-21)7-22-18/h2-4,7-8,10,25H,1,5,9H2. The Morgan fingerprint density at radius 2 is 2.30 bits per heavy atom. The molecule has 6 nitrogen and oxygen atoms in total. The van der Waals surface area contributed by atoms with E-state index in [-0.39, 0.29) is 35.2 Å². The molecular formula is C19H13FN4O2S. The molecule has 0 bridgehead atoms. The van der Waals surface area contributed by atoms with Gasteiger partial charge in [-0.15, -0.1) is 11.3 Å². The Kier molecular flexibility index (Phi) is 4.30. The molecule has 0 saturated heterocycles. The van der Waals surface area contributed by atoms with Crippen molar-refractivity contribution >= 4 is 17.2 Å². The van der Waals surface area contributed by atoms with Crippen molar-refractivity contribution in [3.8, 4) is 22.5 Å².